The first-order valence-corrected chi connectivity index (χ1v) is 10.3. The number of ether oxygens (including phenoxy) is 1. The smallest absolute Gasteiger partial charge is 0.425 e. The summed E-state index contributed by atoms with van der Waals surface area (Å²) in [4.78, 5) is 16.9. The summed E-state index contributed by atoms with van der Waals surface area (Å²) in [5.41, 5.74) is -1.76. The molecule has 0 aliphatic carbocycles. The second-order valence-corrected chi connectivity index (χ2v) is 8.44. The summed E-state index contributed by atoms with van der Waals surface area (Å²) in [5.74, 6) is -2.70. The second kappa shape index (κ2) is 8.91. The van der Waals surface area contributed by atoms with Crippen LogP contribution in [0.5, 0.6) is 5.75 Å². The number of oxazole rings is 1. The quantitative estimate of drug-likeness (QED) is 0.393. The van der Waals surface area contributed by atoms with Gasteiger partial charge in [0.25, 0.3) is 5.91 Å². The van der Waals surface area contributed by atoms with Crippen molar-refractivity contribution in [1.29, 1.82) is 0 Å². The van der Waals surface area contributed by atoms with Crippen LogP contribution in [-0.2, 0) is 5.60 Å². The predicted molar refractivity (Wildman–Crippen MR) is 114 cm³/mol. The third-order valence-electron chi connectivity index (χ3n) is 4.83. The third kappa shape index (κ3) is 5.17. The number of halogens is 5. The monoisotopic (exact) mass is 504 g/mol. The average Bonchev–Trinajstić information content (AvgIpc) is 3.25. The van der Waals surface area contributed by atoms with Crippen molar-refractivity contribution in [3.8, 4) is 17.2 Å². The minimum absolute atomic E-state index is 0.0733. The van der Waals surface area contributed by atoms with Gasteiger partial charge in [-0.05, 0) is 46.8 Å². The molecule has 1 unspecified atom stereocenters. The van der Waals surface area contributed by atoms with Crippen molar-refractivity contribution >= 4 is 23.2 Å². The zero-order valence-electron chi connectivity index (χ0n) is 18.7. The van der Waals surface area contributed by atoms with Crippen molar-refractivity contribution in [1.82, 2.24) is 15.2 Å². The standard InChI is InChI=1S/C21H21ClF4N4O4/c1-8-15(17(22)30-29-8)27-18(31)12-6-13(23)11(7-14(12)34-10(3)21(24,25)26)19-28-16(9(2)33-19)20(4,5)32/h6-7,10,32H,1-5H3,(H,27,31)(H,29,30). The Morgan fingerprint density at radius 2 is 1.94 bits per heavy atom. The molecule has 0 aliphatic rings. The Morgan fingerprint density at radius 1 is 1.29 bits per heavy atom. The van der Waals surface area contributed by atoms with E-state index in [4.69, 9.17) is 20.8 Å². The summed E-state index contributed by atoms with van der Waals surface area (Å²) in [7, 11) is 0. The van der Waals surface area contributed by atoms with E-state index in [1.165, 1.54) is 20.8 Å². The van der Waals surface area contributed by atoms with Gasteiger partial charge in [-0.3, -0.25) is 9.89 Å². The molecule has 0 fully saturated rings. The number of amides is 1. The summed E-state index contributed by atoms with van der Waals surface area (Å²) in [6, 6.07) is 1.59. The summed E-state index contributed by atoms with van der Waals surface area (Å²) in [6.45, 7) is 6.65. The molecule has 2 aromatic heterocycles. The number of benzene rings is 1. The molecule has 1 amide bonds. The highest BCUT2D eigenvalue weighted by molar-refractivity contribution is 6.33. The molecule has 184 valence electrons. The maximum Gasteiger partial charge on any atom is 0.425 e. The number of aliphatic hydroxyl groups is 1. The number of nitrogens with one attached hydrogen (secondary N) is 2. The molecule has 3 aromatic rings. The molecular weight excluding hydrogens is 484 g/mol. The van der Waals surface area contributed by atoms with Crippen molar-refractivity contribution in [2.45, 2.75) is 52.5 Å². The molecular formula is C21H21ClF4N4O4. The lowest BCUT2D eigenvalue weighted by atomic mass is 10.0. The fourth-order valence-electron chi connectivity index (χ4n) is 3.05. The van der Waals surface area contributed by atoms with E-state index >= 15 is 4.39 Å². The Balaban J connectivity index is 2.11. The largest absolute Gasteiger partial charge is 0.480 e. The minimum atomic E-state index is -4.76. The zero-order chi connectivity index (χ0) is 25.6. The SMILES string of the molecule is Cc1[nH]nc(Cl)c1NC(=O)c1cc(F)c(-c2nc(C(C)(C)O)c(C)o2)cc1OC(C)C(F)(F)F. The van der Waals surface area contributed by atoms with Crippen LogP contribution in [0.3, 0.4) is 0 Å². The van der Waals surface area contributed by atoms with E-state index in [1.54, 1.807) is 6.92 Å². The summed E-state index contributed by atoms with van der Waals surface area (Å²) in [6.07, 6.45) is -7.09. The second-order valence-electron chi connectivity index (χ2n) is 8.08. The van der Waals surface area contributed by atoms with Gasteiger partial charge in [0.15, 0.2) is 11.3 Å². The van der Waals surface area contributed by atoms with Crippen LogP contribution in [0, 0.1) is 19.7 Å². The van der Waals surface area contributed by atoms with Gasteiger partial charge in [-0.1, -0.05) is 11.6 Å². The number of alkyl halides is 3. The Bertz CT molecular complexity index is 1210. The van der Waals surface area contributed by atoms with Gasteiger partial charge < -0.3 is 19.6 Å². The lowest BCUT2D eigenvalue weighted by molar-refractivity contribution is -0.189. The Kier molecular flexibility index (Phi) is 6.68. The molecule has 0 radical (unpaired) electrons. The van der Waals surface area contributed by atoms with Crippen LogP contribution >= 0.6 is 11.6 Å². The van der Waals surface area contributed by atoms with Crippen LogP contribution in [0.4, 0.5) is 23.2 Å². The van der Waals surface area contributed by atoms with Gasteiger partial charge in [-0.15, -0.1) is 0 Å². The van der Waals surface area contributed by atoms with Gasteiger partial charge in [0.2, 0.25) is 5.89 Å². The number of hydrogen-bond donors (Lipinski definition) is 3. The Hall–Kier alpha value is -3.12. The normalized spacial score (nSPS) is 13.1. The number of carbonyl (C=O) groups is 1. The number of H-pyrrole nitrogens is 1. The van der Waals surface area contributed by atoms with E-state index < -0.39 is 40.9 Å². The maximum absolute atomic E-state index is 15.1. The number of carbonyl (C=O) groups excluding carboxylic acids is 1. The van der Waals surface area contributed by atoms with E-state index in [-0.39, 0.29) is 33.7 Å². The fraction of sp³-hybridized carbons (Fsp3) is 0.381. The number of rotatable bonds is 6. The number of nitrogens with zero attached hydrogens (tertiary/aromatic N) is 2. The van der Waals surface area contributed by atoms with Crippen LogP contribution in [-0.4, -0.2) is 38.5 Å². The molecule has 2 heterocycles. The van der Waals surface area contributed by atoms with E-state index in [0.29, 0.717) is 11.8 Å². The molecule has 0 saturated carbocycles. The number of anilines is 1. The number of hydrogen-bond acceptors (Lipinski definition) is 6. The molecule has 3 N–H and O–H groups in total. The number of aromatic amines is 1. The molecule has 1 atom stereocenters. The summed E-state index contributed by atoms with van der Waals surface area (Å²) in [5, 5.41) is 18.7. The Morgan fingerprint density at radius 3 is 2.44 bits per heavy atom. The predicted octanol–water partition coefficient (Wildman–Crippen LogP) is 5.28. The van der Waals surface area contributed by atoms with Crippen LogP contribution in [0.1, 0.15) is 48.3 Å². The third-order valence-corrected chi connectivity index (χ3v) is 5.10. The van der Waals surface area contributed by atoms with Crippen LogP contribution < -0.4 is 10.1 Å². The van der Waals surface area contributed by atoms with Gasteiger partial charge in [-0.25, -0.2) is 9.37 Å². The molecule has 34 heavy (non-hydrogen) atoms. The molecule has 0 saturated heterocycles. The molecule has 3 rings (SSSR count). The Labute approximate surface area is 196 Å². The molecule has 0 spiro atoms. The van der Waals surface area contributed by atoms with E-state index in [0.717, 1.165) is 13.0 Å². The van der Waals surface area contributed by atoms with Gasteiger partial charge >= 0.3 is 6.18 Å². The van der Waals surface area contributed by atoms with Crippen molar-refractivity contribution in [3.63, 3.8) is 0 Å². The van der Waals surface area contributed by atoms with Crippen molar-refractivity contribution in [3.05, 3.63) is 45.8 Å². The van der Waals surface area contributed by atoms with Crippen molar-refractivity contribution in [2.24, 2.45) is 0 Å². The first-order chi connectivity index (χ1) is 15.6. The summed E-state index contributed by atoms with van der Waals surface area (Å²) < 4.78 is 65.0. The molecule has 0 aliphatic heterocycles. The highest BCUT2D eigenvalue weighted by Crippen LogP contribution is 2.36. The lowest BCUT2D eigenvalue weighted by Crippen LogP contribution is -2.32. The summed E-state index contributed by atoms with van der Waals surface area (Å²) >= 11 is 5.90. The number of aromatic nitrogens is 3. The first kappa shape index (κ1) is 25.5. The van der Waals surface area contributed by atoms with Gasteiger partial charge in [0.1, 0.15) is 34.3 Å². The average molecular weight is 505 g/mol. The lowest BCUT2D eigenvalue weighted by Gasteiger charge is -2.20. The zero-order valence-corrected chi connectivity index (χ0v) is 19.4. The molecule has 8 nitrogen and oxygen atoms in total. The van der Waals surface area contributed by atoms with Crippen LogP contribution in [0.25, 0.3) is 11.5 Å². The van der Waals surface area contributed by atoms with E-state index in [2.05, 4.69) is 20.5 Å². The van der Waals surface area contributed by atoms with Crippen LogP contribution in [0.2, 0.25) is 5.15 Å². The van der Waals surface area contributed by atoms with E-state index in [1.807, 2.05) is 0 Å². The minimum Gasteiger partial charge on any atom is -0.480 e. The first-order valence-electron chi connectivity index (χ1n) is 9.89. The molecule has 13 heteroatoms. The van der Waals surface area contributed by atoms with Gasteiger partial charge in [0.05, 0.1) is 16.8 Å². The van der Waals surface area contributed by atoms with Gasteiger partial charge in [0, 0.05) is 0 Å². The van der Waals surface area contributed by atoms with Crippen molar-refractivity contribution in [2.75, 3.05) is 5.32 Å². The fourth-order valence-corrected chi connectivity index (χ4v) is 3.29. The molecule has 1 aromatic carbocycles. The molecule has 0 bridgehead atoms. The maximum atomic E-state index is 15.1. The van der Waals surface area contributed by atoms with E-state index in [9.17, 15) is 23.1 Å². The van der Waals surface area contributed by atoms with Gasteiger partial charge in [-0.2, -0.15) is 18.3 Å². The van der Waals surface area contributed by atoms with Crippen molar-refractivity contribution < 1.29 is 36.6 Å². The highest BCUT2D eigenvalue weighted by Gasteiger charge is 2.39. The highest BCUT2D eigenvalue weighted by atomic mass is 35.5. The van der Waals surface area contributed by atoms with Crippen LogP contribution in [0.15, 0.2) is 16.5 Å². The number of aryl methyl sites for hydroxylation is 2. The topological polar surface area (TPSA) is 113 Å².